The second-order valence-corrected chi connectivity index (χ2v) is 3.87. The Morgan fingerprint density at radius 2 is 1.77 bits per heavy atom. The Kier molecular flexibility index (Phi) is 5.33. The Balaban J connectivity index is 3.17. The van der Waals surface area contributed by atoms with E-state index >= 15 is 0 Å². The van der Waals surface area contributed by atoms with Crippen LogP contribution in [0, 0.1) is 0 Å². The highest BCUT2D eigenvalue weighted by molar-refractivity contribution is 6.02. The lowest BCUT2D eigenvalue weighted by Crippen LogP contribution is -2.57. The molecule has 0 aliphatic carbocycles. The van der Waals surface area contributed by atoms with E-state index in [1.807, 2.05) is 0 Å². The molecule has 0 amide bonds. The first kappa shape index (κ1) is 17.3. The summed E-state index contributed by atoms with van der Waals surface area (Å²) in [5.41, 5.74) is -3.37. The third-order valence-corrected chi connectivity index (χ3v) is 2.42. The van der Waals surface area contributed by atoms with Gasteiger partial charge in [0.1, 0.15) is 11.5 Å². The molecule has 120 valence electrons. The van der Waals surface area contributed by atoms with Gasteiger partial charge < -0.3 is 19.7 Å². The highest BCUT2D eigenvalue weighted by Crippen LogP contribution is 2.27. The molecule has 0 aliphatic heterocycles. The van der Waals surface area contributed by atoms with Crippen LogP contribution in [0.25, 0.3) is 0 Å². The number of benzene rings is 1. The number of hydrogen-bond donors (Lipinski definition) is 2. The molecule has 0 saturated carbocycles. The maximum Gasteiger partial charge on any atom is 0.387 e. The Hall–Kier alpha value is -2.78. The minimum atomic E-state index is -3.37. The van der Waals surface area contributed by atoms with Gasteiger partial charge >= 0.3 is 24.2 Å². The zero-order valence-corrected chi connectivity index (χ0v) is 10.6. The van der Waals surface area contributed by atoms with E-state index in [9.17, 15) is 27.6 Å². The van der Waals surface area contributed by atoms with E-state index in [1.165, 1.54) is 0 Å². The number of aldehydes is 1. The van der Waals surface area contributed by atoms with E-state index in [0.29, 0.717) is 0 Å². The van der Waals surface area contributed by atoms with Crippen molar-refractivity contribution in [1.82, 2.24) is 0 Å². The van der Waals surface area contributed by atoms with E-state index in [2.05, 4.69) is 9.47 Å². The van der Waals surface area contributed by atoms with Gasteiger partial charge in [0.15, 0.2) is 6.29 Å². The van der Waals surface area contributed by atoms with Crippen molar-refractivity contribution in [3.8, 4) is 11.5 Å². The molecule has 2 atom stereocenters. The van der Waals surface area contributed by atoms with Crippen LogP contribution in [0.5, 0.6) is 11.5 Å². The van der Waals surface area contributed by atoms with Crippen molar-refractivity contribution >= 4 is 18.2 Å². The smallest absolute Gasteiger partial charge is 0.387 e. The summed E-state index contributed by atoms with van der Waals surface area (Å²) in [5.74, 6) is -5.44. The molecule has 0 heterocycles. The van der Waals surface area contributed by atoms with E-state index in [1.54, 1.807) is 0 Å². The SMILES string of the molecule is O=CC(Oc1cccc(OC(F)F)c1)(C(=O)O)C(F)C(=O)O. The van der Waals surface area contributed by atoms with Gasteiger partial charge in [-0.05, 0) is 12.1 Å². The highest BCUT2D eigenvalue weighted by Gasteiger charge is 2.54. The van der Waals surface area contributed by atoms with Crippen LogP contribution in [0.15, 0.2) is 24.3 Å². The lowest BCUT2D eigenvalue weighted by atomic mass is 9.99. The molecule has 1 aromatic rings. The minimum Gasteiger partial charge on any atom is -0.479 e. The molecule has 1 rings (SSSR count). The van der Waals surface area contributed by atoms with Crippen molar-refractivity contribution < 1.29 is 47.2 Å². The molecular weight excluding hydrogens is 313 g/mol. The summed E-state index contributed by atoms with van der Waals surface area (Å²) < 4.78 is 46.4. The molecule has 0 aromatic heterocycles. The van der Waals surface area contributed by atoms with Crippen molar-refractivity contribution in [2.75, 3.05) is 0 Å². The molecule has 0 radical (unpaired) electrons. The van der Waals surface area contributed by atoms with Gasteiger partial charge in [-0.15, -0.1) is 0 Å². The fourth-order valence-corrected chi connectivity index (χ4v) is 1.43. The fraction of sp³-hybridized carbons (Fsp3) is 0.250. The number of carboxylic acids is 2. The first-order chi connectivity index (χ1) is 10.2. The molecule has 0 saturated heterocycles. The molecule has 10 heteroatoms. The van der Waals surface area contributed by atoms with Crippen LogP contribution < -0.4 is 9.47 Å². The molecule has 2 unspecified atom stereocenters. The van der Waals surface area contributed by atoms with Crippen LogP contribution in [-0.2, 0) is 14.4 Å². The van der Waals surface area contributed by atoms with Crippen LogP contribution in [0.4, 0.5) is 13.2 Å². The van der Waals surface area contributed by atoms with E-state index in [0.717, 1.165) is 24.3 Å². The Morgan fingerprint density at radius 3 is 2.23 bits per heavy atom. The Morgan fingerprint density at radius 1 is 1.18 bits per heavy atom. The lowest BCUT2D eigenvalue weighted by molar-refractivity contribution is -0.172. The summed E-state index contributed by atoms with van der Waals surface area (Å²) in [5, 5.41) is 17.5. The van der Waals surface area contributed by atoms with Crippen LogP contribution in [0.2, 0.25) is 0 Å². The van der Waals surface area contributed by atoms with E-state index in [-0.39, 0.29) is 0 Å². The summed E-state index contributed by atoms with van der Waals surface area (Å²) in [4.78, 5) is 32.6. The number of aliphatic carboxylic acids is 2. The van der Waals surface area contributed by atoms with Crippen molar-refractivity contribution in [3.63, 3.8) is 0 Å². The van der Waals surface area contributed by atoms with E-state index in [4.69, 9.17) is 10.2 Å². The largest absolute Gasteiger partial charge is 0.479 e. The summed E-state index contributed by atoms with van der Waals surface area (Å²) in [6, 6.07) is 3.92. The van der Waals surface area contributed by atoms with Crippen LogP contribution in [0.3, 0.4) is 0 Å². The fourth-order valence-electron chi connectivity index (χ4n) is 1.43. The van der Waals surface area contributed by atoms with Gasteiger partial charge in [0.2, 0.25) is 0 Å². The average molecular weight is 322 g/mol. The molecule has 0 fully saturated rings. The molecule has 22 heavy (non-hydrogen) atoms. The number of ether oxygens (including phenoxy) is 2. The van der Waals surface area contributed by atoms with Crippen LogP contribution in [0.1, 0.15) is 0 Å². The normalized spacial score (nSPS) is 14.7. The molecular formula is C12H9F3O7. The molecule has 0 aliphatic rings. The monoisotopic (exact) mass is 322 g/mol. The Bertz CT molecular complexity index is 578. The lowest BCUT2D eigenvalue weighted by Gasteiger charge is -2.25. The maximum absolute atomic E-state index is 13.6. The molecule has 1 aromatic carbocycles. The van der Waals surface area contributed by atoms with E-state index < -0.39 is 48.1 Å². The number of carbonyl (C=O) groups excluding carboxylic acids is 1. The number of rotatable bonds is 8. The third kappa shape index (κ3) is 3.65. The van der Waals surface area contributed by atoms with Gasteiger partial charge in [0.05, 0.1) is 0 Å². The predicted octanol–water partition coefficient (Wildman–Crippen LogP) is 1.11. The van der Waals surface area contributed by atoms with Crippen molar-refractivity contribution in [2.45, 2.75) is 18.4 Å². The van der Waals surface area contributed by atoms with Crippen LogP contribution >= 0.6 is 0 Å². The minimum absolute atomic E-state index is 0.455. The first-order valence-electron chi connectivity index (χ1n) is 5.53. The van der Waals surface area contributed by atoms with Gasteiger partial charge in [0, 0.05) is 6.07 Å². The standard InChI is InChI=1S/C12H9F3O7/c13-8(9(17)18)12(5-16,10(19)20)22-7-3-1-2-6(4-7)21-11(14)15/h1-5,8,11H,(H,17,18)(H,19,20). The summed E-state index contributed by atoms with van der Waals surface area (Å²) in [6.45, 7) is -3.18. The number of carboxylic acid groups (broad SMARTS) is 2. The number of halogens is 3. The topological polar surface area (TPSA) is 110 Å². The van der Waals surface area contributed by atoms with Crippen molar-refractivity contribution in [2.24, 2.45) is 0 Å². The van der Waals surface area contributed by atoms with Gasteiger partial charge in [-0.25, -0.2) is 14.0 Å². The summed E-state index contributed by atoms with van der Waals surface area (Å²) in [7, 11) is 0. The molecule has 7 nitrogen and oxygen atoms in total. The van der Waals surface area contributed by atoms with Crippen molar-refractivity contribution in [3.05, 3.63) is 24.3 Å². The molecule has 2 N–H and O–H groups in total. The second kappa shape index (κ2) is 6.78. The van der Waals surface area contributed by atoms with Crippen molar-refractivity contribution in [1.29, 1.82) is 0 Å². The number of carbonyl (C=O) groups is 3. The first-order valence-corrected chi connectivity index (χ1v) is 5.53. The highest BCUT2D eigenvalue weighted by atomic mass is 19.3. The second-order valence-electron chi connectivity index (χ2n) is 3.87. The molecule has 0 bridgehead atoms. The molecule has 0 spiro atoms. The zero-order chi connectivity index (χ0) is 16.9. The Labute approximate surface area is 120 Å². The quantitative estimate of drug-likeness (QED) is 0.545. The zero-order valence-electron chi connectivity index (χ0n) is 10.6. The summed E-state index contributed by atoms with van der Waals surface area (Å²) >= 11 is 0. The van der Waals surface area contributed by atoms with Crippen LogP contribution in [-0.4, -0.2) is 46.8 Å². The number of hydrogen-bond acceptors (Lipinski definition) is 5. The number of alkyl halides is 3. The van der Waals surface area contributed by atoms with Gasteiger partial charge in [-0.3, -0.25) is 4.79 Å². The summed E-state index contributed by atoms with van der Waals surface area (Å²) in [6.07, 6.45) is -3.75. The van der Waals surface area contributed by atoms with Gasteiger partial charge in [-0.1, -0.05) is 6.07 Å². The predicted molar refractivity (Wildman–Crippen MR) is 62.7 cm³/mol. The average Bonchev–Trinajstić information content (AvgIpc) is 2.43. The maximum atomic E-state index is 13.6. The van der Waals surface area contributed by atoms with Gasteiger partial charge in [0.25, 0.3) is 6.17 Å². The third-order valence-electron chi connectivity index (χ3n) is 2.42. The van der Waals surface area contributed by atoms with Gasteiger partial charge in [-0.2, -0.15) is 8.78 Å².